The van der Waals surface area contributed by atoms with E-state index in [4.69, 9.17) is 9.47 Å². The molecule has 136 valence electrons. The van der Waals surface area contributed by atoms with Crippen LogP contribution in [0.3, 0.4) is 0 Å². The molecule has 1 rings (SSSR count). The highest BCUT2D eigenvalue weighted by Gasteiger charge is 2.16. The number of ether oxygens (including phenoxy) is 2. The molecule has 0 saturated heterocycles. The van der Waals surface area contributed by atoms with Gasteiger partial charge in [-0.05, 0) is 25.1 Å². The van der Waals surface area contributed by atoms with Gasteiger partial charge in [0.25, 0.3) is 5.91 Å². The molecule has 1 aromatic rings. The maximum atomic E-state index is 12.0. The van der Waals surface area contributed by atoms with E-state index >= 15 is 0 Å². The van der Waals surface area contributed by atoms with Crippen LogP contribution in [0.15, 0.2) is 18.2 Å². The molecule has 1 N–H and O–H groups in total. The Morgan fingerprint density at radius 2 is 1.88 bits per heavy atom. The van der Waals surface area contributed by atoms with E-state index in [0.29, 0.717) is 16.9 Å². The van der Waals surface area contributed by atoms with Gasteiger partial charge in [0.2, 0.25) is 5.91 Å². The Morgan fingerprint density at radius 1 is 1.20 bits per heavy atom. The summed E-state index contributed by atoms with van der Waals surface area (Å²) in [6, 6.07) is 4.76. The Bertz CT molecular complexity index is 671. The molecule has 0 aliphatic heterocycles. The average molecular weight is 350 g/mol. The molecule has 0 fully saturated rings. The monoisotopic (exact) mass is 350 g/mol. The molecule has 0 bridgehead atoms. The molecule has 8 heteroatoms. The summed E-state index contributed by atoms with van der Waals surface area (Å²) in [5, 5.41) is 2.39. The van der Waals surface area contributed by atoms with Crippen LogP contribution >= 0.6 is 0 Å². The minimum atomic E-state index is -0.638. The van der Waals surface area contributed by atoms with Gasteiger partial charge in [-0.1, -0.05) is 0 Å². The molecule has 0 unspecified atom stereocenters. The summed E-state index contributed by atoms with van der Waals surface area (Å²) >= 11 is 0. The second kappa shape index (κ2) is 9.41. The summed E-state index contributed by atoms with van der Waals surface area (Å²) in [5.74, 6) is -1.15. The van der Waals surface area contributed by atoms with E-state index in [-0.39, 0.29) is 24.7 Å². The van der Waals surface area contributed by atoms with Crippen molar-refractivity contribution in [1.82, 2.24) is 10.2 Å². The van der Waals surface area contributed by atoms with Gasteiger partial charge in [-0.15, -0.1) is 0 Å². The van der Waals surface area contributed by atoms with E-state index in [9.17, 15) is 19.2 Å². The minimum absolute atomic E-state index is 0.124. The standard InChI is InChI=1S/C17H22N2O6/c1-11(20)12-5-6-14(24-4)13(7-12)8-17(23)25-10-16(22)19(3)9-15(21)18-2/h5-7H,8-10H2,1-4H3,(H,18,21). The number of carbonyl (C=O) groups excluding carboxylic acids is 4. The summed E-state index contributed by atoms with van der Waals surface area (Å²) in [6.07, 6.45) is -0.142. The van der Waals surface area contributed by atoms with Crippen LogP contribution in [0.2, 0.25) is 0 Å². The smallest absolute Gasteiger partial charge is 0.310 e. The number of nitrogens with zero attached hydrogens (tertiary/aromatic N) is 1. The zero-order valence-corrected chi connectivity index (χ0v) is 14.8. The molecular weight excluding hydrogens is 328 g/mol. The Hall–Kier alpha value is -2.90. The van der Waals surface area contributed by atoms with Gasteiger partial charge in [0.15, 0.2) is 12.4 Å². The first-order chi connectivity index (χ1) is 11.8. The van der Waals surface area contributed by atoms with Crippen LogP contribution in [-0.4, -0.2) is 62.8 Å². The number of hydrogen-bond donors (Lipinski definition) is 1. The fraction of sp³-hybridized carbons (Fsp3) is 0.412. The minimum Gasteiger partial charge on any atom is -0.496 e. The third kappa shape index (κ3) is 6.25. The number of hydrogen-bond acceptors (Lipinski definition) is 6. The molecule has 0 saturated carbocycles. The Morgan fingerprint density at radius 3 is 2.44 bits per heavy atom. The van der Waals surface area contributed by atoms with Crippen molar-refractivity contribution >= 4 is 23.6 Å². The highest BCUT2D eigenvalue weighted by molar-refractivity contribution is 5.94. The Labute approximate surface area is 146 Å². The molecule has 0 aliphatic carbocycles. The summed E-state index contributed by atoms with van der Waals surface area (Å²) in [4.78, 5) is 47.6. The molecule has 0 atom stereocenters. The van der Waals surface area contributed by atoms with Crippen LogP contribution in [-0.2, 0) is 25.5 Å². The number of rotatable bonds is 8. The largest absolute Gasteiger partial charge is 0.496 e. The molecular formula is C17H22N2O6. The number of Topliss-reactive ketones (excluding diaryl/α,β-unsaturated/α-hetero) is 1. The van der Waals surface area contributed by atoms with Crippen LogP contribution in [0.25, 0.3) is 0 Å². The van der Waals surface area contributed by atoms with Crippen molar-refractivity contribution in [2.24, 2.45) is 0 Å². The first-order valence-electron chi connectivity index (χ1n) is 7.56. The van der Waals surface area contributed by atoms with E-state index in [1.165, 1.54) is 28.1 Å². The predicted octanol–water partition coefficient (Wildman–Crippen LogP) is 0.188. The summed E-state index contributed by atoms with van der Waals surface area (Å²) in [6.45, 7) is 0.827. The second-order valence-corrected chi connectivity index (χ2v) is 5.34. The van der Waals surface area contributed by atoms with E-state index in [1.807, 2.05) is 0 Å². The average Bonchev–Trinajstić information content (AvgIpc) is 2.59. The quantitative estimate of drug-likeness (QED) is 0.530. The maximum absolute atomic E-state index is 12.0. The van der Waals surface area contributed by atoms with Crippen LogP contribution in [0, 0.1) is 0 Å². The molecule has 0 heterocycles. The Balaban J connectivity index is 2.65. The summed E-state index contributed by atoms with van der Waals surface area (Å²) in [7, 11) is 4.35. The van der Waals surface area contributed by atoms with Crippen molar-refractivity contribution < 1.29 is 28.7 Å². The van der Waals surface area contributed by atoms with Crippen LogP contribution in [0.4, 0.5) is 0 Å². The molecule has 2 amide bonds. The normalized spacial score (nSPS) is 9.92. The number of esters is 1. The van der Waals surface area contributed by atoms with Crippen molar-refractivity contribution in [3.63, 3.8) is 0 Å². The van der Waals surface area contributed by atoms with Gasteiger partial charge in [0, 0.05) is 25.2 Å². The van der Waals surface area contributed by atoms with Crippen molar-refractivity contribution in [2.75, 3.05) is 34.4 Å². The first-order valence-corrected chi connectivity index (χ1v) is 7.56. The number of benzene rings is 1. The lowest BCUT2D eigenvalue weighted by Crippen LogP contribution is -2.39. The molecule has 1 aromatic carbocycles. The number of carbonyl (C=O) groups is 4. The molecule has 0 spiro atoms. The topological polar surface area (TPSA) is 102 Å². The number of methoxy groups -OCH3 is 1. The van der Waals surface area contributed by atoms with Gasteiger partial charge in [-0.3, -0.25) is 19.2 Å². The lowest BCUT2D eigenvalue weighted by molar-refractivity contribution is -0.151. The third-order valence-electron chi connectivity index (χ3n) is 3.46. The molecule has 0 aliphatic rings. The van der Waals surface area contributed by atoms with Gasteiger partial charge in [0.05, 0.1) is 20.1 Å². The predicted molar refractivity (Wildman–Crippen MR) is 89.4 cm³/mol. The SMILES string of the molecule is CNC(=O)CN(C)C(=O)COC(=O)Cc1cc(C(C)=O)ccc1OC. The van der Waals surface area contributed by atoms with E-state index in [1.54, 1.807) is 18.2 Å². The fourth-order valence-electron chi connectivity index (χ4n) is 1.98. The van der Waals surface area contributed by atoms with Crippen molar-refractivity contribution in [1.29, 1.82) is 0 Å². The van der Waals surface area contributed by atoms with Gasteiger partial charge < -0.3 is 19.7 Å². The fourth-order valence-corrected chi connectivity index (χ4v) is 1.98. The van der Waals surface area contributed by atoms with Gasteiger partial charge in [-0.2, -0.15) is 0 Å². The van der Waals surface area contributed by atoms with Crippen molar-refractivity contribution in [2.45, 2.75) is 13.3 Å². The summed E-state index contributed by atoms with van der Waals surface area (Å²) in [5.41, 5.74) is 0.941. The summed E-state index contributed by atoms with van der Waals surface area (Å²) < 4.78 is 10.1. The molecule has 8 nitrogen and oxygen atoms in total. The van der Waals surface area contributed by atoms with Crippen molar-refractivity contribution in [3.05, 3.63) is 29.3 Å². The lowest BCUT2D eigenvalue weighted by Gasteiger charge is -2.16. The first kappa shape index (κ1) is 20.1. The van der Waals surface area contributed by atoms with Gasteiger partial charge in [-0.25, -0.2) is 0 Å². The van der Waals surface area contributed by atoms with Crippen molar-refractivity contribution in [3.8, 4) is 5.75 Å². The number of likely N-dealkylation sites (N-methyl/N-ethyl adjacent to an activating group) is 2. The van der Waals surface area contributed by atoms with Crippen LogP contribution in [0.1, 0.15) is 22.8 Å². The van der Waals surface area contributed by atoms with Crippen LogP contribution in [0.5, 0.6) is 5.75 Å². The third-order valence-corrected chi connectivity index (χ3v) is 3.46. The Kier molecular flexibility index (Phi) is 7.58. The molecule has 25 heavy (non-hydrogen) atoms. The maximum Gasteiger partial charge on any atom is 0.310 e. The highest BCUT2D eigenvalue weighted by atomic mass is 16.5. The lowest BCUT2D eigenvalue weighted by atomic mass is 10.0. The van der Waals surface area contributed by atoms with E-state index in [2.05, 4.69) is 5.32 Å². The number of amides is 2. The molecule has 0 aromatic heterocycles. The van der Waals surface area contributed by atoms with E-state index < -0.39 is 18.5 Å². The number of ketones is 1. The number of nitrogens with one attached hydrogen (secondary N) is 1. The molecule has 0 radical (unpaired) electrons. The second-order valence-electron chi connectivity index (χ2n) is 5.34. The van der Waals surface area contributed by atoms with Gasteiger partial charge >= 0.3 is 5.97 Å². The highest BCUT2D eigenvalue weighted by Crippen LogP contribution is 2.21. The van der Waals surface area contributed by atoms with Crippen LogP contribution < -0.4 is 10.1 Å². The van der Waals surface area contributed by atoms with E-state index in [0.717, 1.165) is 4.90 Å². The zero-order valence-electron chi connectivity index (χ0n) is 14.8. The van der Waals surface area contributed by atoms with Gasteiger partial charge in [0.1, 0.15) is 5.75 Å². The zero-order chi connectivity index (χ0) is 19.0.